The van der Waals surface area contributed by atoms with E-state index < -0.39 is 10.0 Å². The second-order valence-electron chi connectivity index (χ2n) is 7.77. The number of nitrogens with zero attached hydrogens (tertiary/aromatic N) is 1. The van der Waals surface area contributed by atoms with Crippen molar-refractivity contribution < 1.29 is 8.42 Å². The van der Waals surface area contributed by atoms with Crippen LogP contribution in [0.1, 0.15) is 31.9 Å². The maximum atomic E-state index is 12.5. The van der Waals surface area contributed by atoms with E-state index in [0.29, 0.717) is 11.5 Å². The van der Waals surface area contributed by atoms with Crippen molar-refractivity contribution in [2.75, 3.05) is 10.0 Å². The molecule has 0 saturated heterocycles. The first-order valence-corrected chi connectivity index (χ1v) is 10.6. The molecular weight excluding hydrogens is 370 g/mol. The first-order valence-electron chi connectivity index (χ1n) is 9.07. The molecule has 1 aromatic heterocycles. The molecule has 0 aliphatic rings. The van der Waals surface area contributed by atoms with E-state index >= 15 is 0 Å². The van der Waals surface area contributed by atoms with Crippen molar-refractivity contribution >= 4 is 27.2 Å². The molecule has 5 nitrogen and oxygen atoms in total. The molecule has 0 fully saturated rings. The standard InChI is InChI=1S/C22H25N3O2S/c1-16-9-12-18(13-10-16)28(26,27)25-17-11-14-21(23-15-17)24-20-8-6-5-7-19(20)22(2,3)4/h5-15,25H,1-4H3,(H,23,24). The van der Waals surface area contributed by atoms with Crippen molar-refractivity contribution in [1.29, 1.82) is 0 Å². The number of anilines is 3. The summed E-state index contributed by atoms with van der Waals surface area (Å²) in [5, 5.41) is 3.32. The highest BCUT2D eigenvalue weighted by molar-refractivity contribution is 7.92. The number of hydrogen-bond acceptors (Lipinski definition) is 4. The van der Waals surface area contributed by atoms with Crippen LogP contribution in [-0.4, -0.2) is 13.4 Å². The van der Waals surface area contributed by atoms with Crippen molar-refractivity contribution in [2.45, 2.75) is 38.0 Å². The molecule has 0 spiro atoms. The summed E-state index contributed by atoms with van der Waals surface area (Å²) in [6.07, 6.45) is 1.51. The van der Waals surface area contributed by atoms with Gasteiger partial charge in [0.25, 0.3) is 10.0 Å². The highest BCUT2D eigenvalue weighted by Crippen LogP contribution is 2.31. The van der Waals surface area contributed by atoms with Crippen molar-refractivity contribution in [3.63, 3.8) is 0 Å². The minimum atomic E-state index is -3.64. The summed E-state index contributed by atoms with van der Waals surface area (Å²) in [4.78, 5) is 4.57. The van der Waals surface area contributed by atoms with Crippen LogP contribution in [0.4, 0.5) is 17.2 Å². The van der Waals surface area contributed by atoms with E-state index in [1.165, 1.54) is 11.8 Å². The Morgan fingerprint density at radius 2 is 1.57 bits per heavy atom. The summed E-state index contributed by atoms with van der Waals surface area (Å²) >= 11 is 0. The Kier molecular flexibility index (Phi) is 5.42. The van der Waals surface area contributed by atoms with Gasteiger partial charge in [0, 0.05) is 5.69 Å². The summed E-state index contributed by atoms with van der Waals surface area (Å²) in [5.41, 5.74) is 3.57. The normalized spacial score (nSPS) is 11.9. The van der Waals surface area contributed by atoms with E-state index in [-0.39, 0.29) is 10.3 Å². The third kappa shape index (κ3) is 4.70. The zero-order valence-corrected chi connectivity index (χ0v) is 17.3. The minimum absolute atomic E-state index is 0.00674. The molecule has 0 bridgehead atoms. The molecule has 2 aromatic carbocycles. The van der Waals surface area contributed by atoms with Crippen LogP contribution in [0.25, 0.3) is 0 Å². The predicted molar refractivity (Wildman–Crippen MR) is 115 cm³/mol. The third-order valence-corrected chi connectivity index (χ3v) is 5.74. The number of sulfonamides is 1. The SMILES string of the molecule is Cc1ccc(S(=O)(=O)Nc2ccc(Nc3ccccc3C(C)(C)C)nc2)cc1. The van der Waals surface area contributed by atoms with Crippen LogP contribution in [0.5, 0.6) is 0 Å². The highest BCUT2D eigenvalue weighted by Gasteiger charge is 2.18. The van der Waals surface area contributed by atoms with E-state index in [1.807, 2.05) is 25.1 Å². The monoisotopic (exact) mass is 395 g/mol. The summed E-state index contributed by atoms with van der Waals surface area (Å²) in [7, 11) is -3.64. The van der Waals surface area contributed by atoms with Crippen molar-refractivity contribution in [3.05, 3.63) is 78.0 Å². The smallest absolute Gasteiger partial charge is 0.261 e. The van der Waals surface area contributed by atoms with Gasteiger partial charge in [-0.25, -0.2) is 13.4 Å². The van der Waals surface area contributed by atoms with Gasteiger partial charge in [0.15, 0.2) is 0 Å². The largest absolute Gasteiger partial charge is 0.340 e. The fraction of sp³-hybridized carbons (Fsp3) is 0.227. The lowest BCUT2D eigenvalue weighted by Crippen LogP contribution is -2.14. The maximum Gasteiger partial charge on any atom is 0.261 e. The zero-order valence-electron chi connectivity index (χ0n) is 16.5. The number of nitrogens with one attached hydrogen (secondary N) is 2. The van der Waals surface area contributed by atoms with Crippen LogP contribution >= 0.6 is 0 Å². The summed E-state index contributed by atoms with van der Waals surface area (Å²) in [6, 6.07) is 18.3. The number of aryl methyl sites for hydroxylation is 1. The van der Waals surface area contributed by atoms with Crippen LogP contribution in [0.3, 0.4) is 0 Å². The lowest BCUT2D eigenvalue weighted by atomic mass is 9.86. The average Bonchev–Trinajstić information content (AvgIpc) is 2.63. The van der Waals surface area contributed by atoms with Gasteiger partial charge in [-0.15, -0.1) is 0 Å². The number of para-hydroxylation sites is 1. The Bertz CT molecular complexity index is 1050. The quantitative estimate of drug-likeness (QED) is 0.620. The summed E-state index contributed by atoms with van der Waals surface area (Å²) < 4.78 is 27.5. The lowest BCUT2D eigenvalue weighted by molar-refractivity contribution is 0.592. The number of benzene rings is 2. The number of pyridine rings is 1. The Hall–Kier alpha value is -2.86. The molecule has 0 aliphatic carbocycles. The van der Waals surface area contributed by atoms with E-state index in [0.717, 1.165) is 11.3 Å². The van der Waals surface area contributed by atoms with Gasteiger partial charge in [0.2, 0.25) is 0 Å². The van der Waals surface area contributed by atoms with Gasteiger partial charge in [-0.1, -0.05) is 56.7 Å². The van der Waals surface area contributed by atoms with Crippen LogP contribution in [-0.2, 0) is 15.4 Å². The fourth-order valence-corrected chi connectivity index (χ4v) is 3.89. The minimum Gasteiger partial charge on any atom is -0.340 e. The van der Waals surface area contributed by atoms with Crippen molar-refractivity contribution in [1.82, 2.24) is 4.98 Å². The molecule has 0 unspecified atom stereocenters. The molecule has 0 atom stereocenters. The Morgan fingerprint density at radius 1 is 0.893 bits per heavy atom. The van der Waals surface area contributed by atoms with Crippen molar-refractivity contribution in [2.24, 2.45) is 0 Å². The van der Waals surface area contributed by atoms with Gasteiger partial charge >= 0.3 is 0 Å². The van der Waals surface area contributed by atoms with E-state index in [9.17, 15) is 8.42 Å². The van der Waals surface area contributed by atoms with Gasteiger partial charge in [-0.3, -0.25) is 4.72 Å². The fourth-order valence-electron chi connectivity index (χ4n) is 2.84. The summed E-state index contributed by atoms with van der Waals surface area (Å²) in [5.74, 6) is 0.648. The number of hydrogen-bond donors (Lipinski definition) is 2. The van der Waals surface area contributed by atoms with Crippen LogP contribution in [0, 0.1) is 6.92 Å². The molecule has 0 saturated carbocycles. The molecule has 3 aromatic rings. The summed E-state index contributed by atoms with van der Waals surface area (Å²) in [6.45, 7) is 8.38. The van der Waals surface area contributed by atoms with Crippen molar-refractivity contribution in [3.8, 4) is 0 Å². The third-order valence-electron chi connectivity index (χ3n) is 4.34. The maximum absolute atomic E-state index is 12.5. The Morgan fingerprint density at radius 3 is 2.18 bits per heavy atom. The topological polar surface area (TPSA) is 71.1 Å². The van der Waals surface area contributed by atoms with Gasteiger partial charge in [-0.05, 0) is 48.2 Å². The first-order chi connectivity index (χ1) is 13.1. The lowest BCUT2D eigenvalue weighted by Gasteiger charge is -2.23. The Balaban J connectivity index is 1.77. The Labute approximate surface area is 166 Å². The molecule has 1 heterocycles. The molecular formula is C22H25N3O2S. The molecule has 28 heavy (non-hydrogen) atoms. The average molecular weight is 396 g/mol. The van der Waals surface area contributed by atoms with Crippen LogP contribution in [0.2, 0.25) is 0 Å². The van der Waals surface area contributed by atoms with Gasteiger partial charge < -0.3 is 5.32 Å². The van der Waals surface area contributed by atoms with Gasteiger partial charge in [-0.2, -0.15) is 0 Å². The molecule has 0 radical (unpaired) electrons. The molecule has 3 rings (SSSR count). The zero-order chi connectivity index (χ0) is 20.4. The van der Waals surface area contributed by atoms with Crippen LogP contribution in [0.15, 0.2) is 71.8 Å². The number of aromatic nitrogens is 1. The predicted octanol–water partition coefficient (Wildman–Crippen LogP) is 5.23. The van der Waals surface area contributed by atoms with Crippen LogP contribution < -0.4 is 10.0 Å². The van der Waals surface area contributed by atoms with Gasteiger partial charge in [0.1, 0.15) is 5.82 Å². The molecule has 6 heteroatoms. The van der Waals surface area contributed by atoms with E-state index in [4.69, 9.17) is 0 Å². The highest BCUT2D eigenvalue weighted by atomic mass is 32.2. The molecule has 0 aliphatic heterocycles. The van der Waals surface area contributed by atoms with E-state index in [1.54, 1.807) is 36.4 Å². The molecule has 146 valence electrons. The molecule has 2 N–H and O–H groups in total. The first kappa shape index (κ1) is 19.9. The second-order valence-corrected chi connectivity index (χ2v) is 9.45. The second kappa shape index (κ2) is 7.64. The van der Waals surface area contributed by atoms with E-state index in [2.05, 4.69) is 41.9 Å². The number of rotatable bonds is 5. The molecule has 0 amide bonds. The van der Waals surface area contributed by atoms with Gasteiger partial charge in [0.05, 0.1) is 16.8 Å².